The van der Waals surface area contributed by atoms with Gasteiger partial charge >= 0.3 is 18.1 Å². The number of hydrogen-bond donors (Lipinski definition) is 2. The number of benzene rings is 2. The van der Waals surface area contributed by atoms with Crippen molar-refractivity contribution in [3.8, 4) is 0 Å². The molecule has 1 atom stereocenters. The number of ether oxygens (including phenoxy) is 1. The molecule has 1 aliphatic rings. The van der Waals surface area contributed by atoms with Crippen LogP contribution in [0.2, 0.25) is 0 Å². The van der Waals surface area contributed by atoms with E-state index in [9.17, 15) is 23.1 Å². The molecule has 0 spiro atoms. The highest BCUT2D eigenvalue weighted by Gasteiger charge is 2.38. The summed E-state index contributed by atoms with van der Waals surface area (Å²) in [4.78, 5) is 23.1. The molecule has 0 radical (unpaired) electrons. The first-order chi connectivity index (χ1) is 19.1. The molecule has 10 nitrogen and oxygen atoms in total. The first kappa shape index (κ1) is 28.8. The molecule has 0 amide bonds. The molecule has 0 aliphatic carbocycles. The number of carboxylic acids is 2. The molecule has 212 valence electrons. The Morgan fingerprint density at radius 1 is 1.02 bits per heavy atom. The fourth-order valence-corrected chi connectivity index (χ4v) is 4.49. The van der Waals surface area contributed by atoms with Crippen LogP contribution < -0.4 is 0 Å². The number of para-hydroxylation sites is 1. The first-order valence-corrected chi connectivity index (χ1v) is 12.5. The maximum absolute atomic E-state index is 11.8. The minimum atomic E-state index is -5.08. The second kappa shape index (κ2) is 12.7. The smallest absolute Gasteiger partial charge is 0.477 e. The van der Waals surface area contributed by atoms with Crippen LogP contribution in [0, 0.1) is 0 Å². The van der Waals surface area contributed by atoms with Gasteiger partial charge in [0.25, 0.3) is 0 Å². The van der Waals surface area contributed by atoms with Gasteiger partial charge in [-0.05, 0) is 24.1 Å². The van der Waals surface area contributed by atoms with Crippen LogP contribution in [0.15, 0.2) is 66.9 Å². The average Bonchev–Trinajstić information content (AvgIpc) is 3.44. The summed E-state index contributed by atoms with van der Waals surface area (Å²) in [6, 6.07) is 19.8. The number of halogens is 3. The fraction of sp³-hybridized carbons (Fsp3) is 0.333. The second-order valence-corrected chi connectivity index (χ2v) is 9.28. The van der Waals surface area contributed by atoms with E-state index in [1.807, 2.05) is 36.5 Å². The Hall–Kier alpha value is -4.23. The minimum Gasteiger partial charge on any atom is -0.477 e. The summed E-state index contributed by atoms with van der Waals surface area (Å²) in [6.45, 7) is 4.43. The Morgan fingerprint density at radius 2 is 1.73 bits per heavy atom. The monoisotopic (exact) mass is 559 g/mol. The summed E-state index contributed by atoms with van der Waals surface area (Å²) >= 11 is 0. The third kappa shape index (κ3) is 7.67. The third-order valence-corrected chi connectivity index (χ3v) is 6.25. The van der Waals surface area contributed by atoms with Crippen molar-refractivity contribution >= 4 is 22.8 Å². The van der Waals surface area contributed by atoms with E-state index in [1.165, 1.54) is 5.56 Å². The topological polar surface area (TPSA) is 123 Å². The molecule has 1 aliphatic heterocycles. The molecule has 2 aromatic carbocycles. The predicted octanol–water partition coefficient (Wildman–Crippen LogP) is 3.90. The molecule has 5 rings (SSSR count). The lowest BCUT2D eigenvalue weighted by Gasteiger charge is -2.23. The van der Waals surface area contributed by atoms with Crippen molar-refractivity contribution in [1.29, 1.82) is 0 Å². The number of aromatic carboxylic acids is 1. The van der Waals surface area contributed by atoms with Crippen molar-refractivity contribution in [3.05, 3.63) is 83.8 Å². The van der Waals surface area contributed by atoms with Gasteiger partial charge in [-0.25, -0.2) is 14.3 Å². The lowest BCUT2D eigenvalue weighted by Crippen LogP contribution is -2.34. The van der Waals surface area contributed by atoms with Crippen LogP contribution >= 0.6 is 0 Å². The van der Waals surface area contributed by atoms with E-state index in [2.05, 4.69) is 39.5 Å². The second-order valence-electron chi connectivity index (χ2n) is 9.28. The maximum Gasteiger partial charge on any atom is 0.490 e. The highest BCUT2D eigenvalue weighted by Crippen LogP contribution is 2.21. The van der Waals surface area contributed by atoms with E-state index in [0.29, 0.717) is 18.8 Å². The zero-order valence-corrected chi connectivity index (χ0v) is 21.4. The molecule has 40 heavy (non-hydrogen) atoms. The predicted molar refractivity (Wildman–Crippen MR) is 138 cm³/mol. The number of carboxylic acid groups (broad SMARTS) is 2. The summed E-state index contributed by atoms with van der Waals surface area (Å²) in [5.74, 6) is -3.71. The van der Waals surface area contributed by atoms with Gasteiger partial charge in [0.1, 0.15) is 11.4 Å². The Labute approximate surface area is 227 Å². The van der Waals surface area contributed by atoms with Crippen molar-refractivity contribution < 1.29 is 37.7 Å². The number of aromatic nitrogens is 4. The van der Waals surface area contributed by atoms with Gasteiger partial charge in [-0.2, -0.15) is 13.2 Å². The van der Waals surface area contributed by atoms with Gasteiger partial charge in [-0.15, -0.1) is 5.10 Å². The average molecular weight is 560 g/mol. The van der Waals surface area contributed by atoms with Crippen LogP contribution in [0.25, 0.3) is 10.9 Å². The number of carbonyl (C=O) groups is 2. The number of nitrogens with zero attached hydrogens (tertiary/aromatic N) is 5. The van der Waals surface area contributed by atoms with Gasteiger partial charge in [0, 0.05) is 37.1 Å². The molecule has 0 saturated carbocycles. The Morgan fingerprint density at radius 3 is 2.42 bits per heavy atom. The Bertz CT molecular complexity index is 1440. The molecule has 4 aromatic rings. The first-order valence-electron chi connectivity index (χ1n) is 12.5. The largest absolute Gasteiger partial charge is 0.490 e. The van der Waals surface area contributed by atoms with Crippen LogP contribution in [-0.4, -0.2) is 78.6 Å². The fourth-order valence-electron chi connectivity index (χ4n) is 4.49. The number of rotatable bonds is 7. The van der Waals surface area contributed by atoms with Crippen molar-refractivity contribution in [2.75, 3.05) is 19.7 Å². The van der Waals surface area contributed by atoms with Gasteiger partial charge in [0.15, 0.2) is 0 Å². The van der Waals surface area contributed by atoms with Crippen LogP contribution in [0.1, 0.15) is 28.2 Å². The van der Waals surface area contributed by atoms with E-state index >= 15 is 0 Å². The summed E-state index contributed by atoms with van der Waals surface area (Å²) in [5, 5.41) is 26.3. The molecule has 1 saturated heterocycles. The van der Waals surface area contributed by atoms with Gasteiger partial charge in [-0.1, -0.05) is 53.7 Å². The summed E-state index contributed by atoms with van der Waals surface area (Å²) in [6.07, 6.45) is -2.17. The van der Waals surface area contributed by atoms with Crippen molar-refractivity contribution in [1.82, 2.24) is 24.5 Å². The summed E-state index contributed by atoms with van der Waals surface area (Å²) in [5.41, 5.74) is 3.13. The molecule has 1 unspecified atom stereocenters. The van der Waals surface area contributed by atoms with E-state index in [-0.39, 0.29) is 11.8 Å². The van der Waals surface area contributed by atoms with E-state index in [0.717, 1.165) is 43.6 Å². The quantitative estimate of drug-likeness (QED) is 0.350. The van der Waals surface area contributed by atoms with Gasteiger partial charge in [0.05, 0.1) is 25.4 Å². The zero-order chi connectivity index (χ0) is 28.7. The van der Waals surface area contributed by atoms with Crippen LogP contribution in [0.5, 0.6) is 0 Å². The lowest BCUT2D eigenvalue weighted by atomic mass is 10.2. The standard InChI is InChI=1S/C25H27N5O3.C2HF3O2/c31-25(32)24-13-20-9-4-5-10-23(20)30(24)16-21-15-29(27-26-21)18-22-17-28(11-6-12-33-22)14-19-7-2-1-3-8-19;3-2(4,5)1(6)7/h1-5,7-10,13,15,22H,6,11-12,14,16-18H2,(H,31,32);(H,6,7). The SMILES string of the molecule is O=C(O)C(F)(F)F.O=C(O)c1cc2ccccc2n1Cc1cn(CC2CN(Cc3ccccc3)CCCO2)nn1. The van der Waals surface area contributed by atoms with Crippen LogP contribution in [0.3, 0.4) is 0 Å². The number of aliphatic carboxylic acids is 1. The van der Waals surface area contributed by atoms with E-state index in [1.54, 1.807) is 15.3 Å². The van der Waals surface area contributed by atoms with E-state index < -0.39 is 18.1 Å². The van der Waals surface area contributed by atoms with Crippen molar-refractivity contribution in [2.24, 2.45) is 0 Å². The molecule has 0 bridgehead atoms. The van der Waals surface area contributed by atoms with E-state index in [4.69, 9.17) is 14.6 Å². The van der Waals surface area contributed by atoms with Gasteiger partial charge in [0.2, 0.25) is 0 Å². The Balaban J connectivity index is 0.000000470. The normalized spacial score (nSPS) is 16.2. The molecule has 13 heteroatoms. The van der Waals surface area contributed by atoms with Crippen molar-refractivity contribution in [3.63, 3.8) is 0 Å². The molecule has 1 fully saturated rings. The third-order valence-electron chi connectivity index (χ3n) is 6.25. The summed E-state index contributed by atoms with van der Waals surface area (Å²) < 4.78 is 41.4. The lowest BCUT2D eigenvalue weighted by molar-refractivity contribution is -0.192. The molecular formula is C27H28F3N5O5. The minimum absolute atomic E-state index is 0.0211. The maximum atomic E-state index is 11.8. The molecule has 2 N–H and O–H groups in total. The highest BCUT2D eigenvalue weighted by atomic mass is 19.4. The highest BCUT2D eigenvalue weighted by molar-refractivity contribution is 5.94. The summed E-state index contributed by atoms with van der Waals surface area (Å²) in [7, 11) is 0. The van der Waals surface area contributed by atoms with Gasteiger partial charge < -0.3 is 19.5 Å². The zero-order valence-electron chi connectivity index (χ0n) is 21.4. The Kier molecular flexibility index (Phi) is 9.17. The molecule has 3 heterocycles. The number of fused-ring (bicyclic) bond motifs is 1. The molecule has 2 aromatic heterocycles. The van der Waals surface area contributed by atoms with Crippen LogP contribution in [-0.2, 0) is 29.2 Å². The molecular weight excluding hydrogens is 531 g/mol. The number of hydrogen-bond acceptors (Lipinski definition) is 6. The number of alkyl halides is 3. The van der Waals surface area contributed by atoms with Gasteiger partial charge in [-0.3, -0.25) is 4.90 Å². The van der Waals surface area contributed by atoms with Crippen molar-refractivity contribution in [2.45, 2.75) is 38.3 Å². The van der Waals surface area contributed by atoms with Crippen LogP contribution in [0.4, 0.5) is 13.2 Å².